The van der Waals surface area contributed by atoms with Crippen LogP contribution in [0.4, 0.5) is 19.0 Å². The Hall–Kier alpha value is -2.51. The molecule has 8 heteroatoms. The Morgan fingerprint density at radius 1 is 1.35 bits per heavy atom. The maximum absolute atomic E-state index is 12.9. The van der Waals surface area contributed by atoms with Gasteiger partial charge in [0.15, 0.2) is 6.10 Å². The molecule has 5 nitrogen and oxygen atoms in total. The number of anilines is 1. The van der Waals surface area contributed by atoms with Crippen LogP contribution in [0, 0.1) is 6.92 Å². The van der Waals surface area contributed by atoms with Gasteiger partial charge in [-0.2, -0.15) is 18.3 Å². The molecule has 0 radical (unpaired) electrons. The van der Waals surface area contributed by atoms with Crippen LogP contribution >= 0.6 is 0 Å². The quantitative estimate of drug-likeness (QED) is 0.938. The van der Waals surface area contributed by atoms with Crippen molar-refractivity contribution in [2.45, 2.75) is 26.1 Å². The predicted molar refractivity (Wildman–Crippen MR) is 78.1 cm³/mol. The lowest BCUT2D eigenvalue weighted by Crippen LogP contribution is -2.31. The number of nitrogens with zero attached hydrogens (tertiary/aromatic N) is 2. The number of benzene rings is 1. The molecule has 2 aromatic rings. The van der Waals surface area contributed by atoms with Gasteiger partial charge in [-0.1, -0.05) is 12.1 Å². The van der Waals surface area contributed by atoms with Gasteiger partial charge in [-0.05, 0) is 26.0 Å². The number of hydrogen-bond donors (Lipinski definition) is 1. The molecule has 23 heavy (non-hydrogen) atoms. The average Bonchev–Trinajstić information content (AvgIpc) is 2.76. The Morgan fingerprint density at radius 2 is 2.00 bits per heavy atom. The molecule has 1 heterocycles. The first-order valence-corrected chi connectivity index (χ1v) is 6.83. The zero-order valence-electron chi connectivity index (χ0n) is 12.8. The highest BCUT2D eigenvalue weighted by Crippen LogP contribution is 2.36. The van der Waals surface area contributed by atoms with E-state index in [0.717, 1.165) is 6.07 Å². The van der Waals surface area contributed by atoms with E-state index in [1.807, 2.05) is 0 Å². The fraction of sp³-hybridized carbons (Fsp3) is 0.333. The molecule has 0 bridgehead atoms. The normalized spacial score (nSPS) is 12.8. The van der Waals surface area contributed by atoms with Crippen LogP contribution in [0.25, 0.3) is 0 Å². The van der Waals surface area contributed by atoms with Gasteiger partial charge in [0.2, 0.25) is 0 Å². The largest absolute Gasteiger partial charge is 0.480 e. The van der Waals surface area contributed by atoms with Gasteiger partial charge in [0, 0.05) is 13.1 Å². The molecule has 0 aliphatic carbocycles. The Balaban J connectivity index is 2.12. The first kappa shape index (κ1) is 16.9. The number of alkyl halides is 3. The third-order valence-electron chi connectivity index (χ3n) is 3.12. The number of ether oxygens (including phenoxy) is 1. The van der Waals surface area contributed by atoms with E-state index in [9.17, 15) is 18.0 Å². The summed E-state index contributed by atoms with van der Waals surface area (Å²) in [6, 6.07) is 6.41. The second-order valence-electron chi connectivity index (χ2n) is 5.04. The van der Waals surface area contributed by atoms with E-state index < -0.39 is 23.8 Å². The Morgan fingerprint density at radius 3 is 2.57 bits per heavy atom. The van der Waals surface area contributed by atoms with Crippen molar-refractivity contribution in [2.75, 3.05) is 5.32 Å². The molecule has 1 aromatic carbocycles. The molecule has 0 spiro atoms. The minimum Gasteiger partial charge on any atom is -0.480 e. The van der Waals surface area contributed by atoms with Crippen molar-refractivity contribution in [3.63, 3.8) is 0 Å². The van der Waals surface area contributed by atoms with Crippen molar-refractivity contribution < 1.29 is 22.7 Å². The fourth-order valence-corrected chi connectivity index (χ4v) is 2.00. The number of carbonyl (C=O) groups is 1. The fourth-order valence-electron chi connectivity index (χ4n) is 2.00. The third kappa shape index (κ3) is 4.02. The summed E-state index contributed by atoms with van der Waals surface area (Å²) in [5, 5.41) is 6.63. The number of rotatable bonds is 4. The summed E-state index contributed by atoms with van der Waals surface area (Å²) >= 11 is 0. The summed E-state index contributed by atoms with van der Waals surface area (Å²) < 4.78 is 45.4. The molecule has 2 rings (SSSR count). The molecule has 0 saturated carbocycles. The number of halogens is 3. The summed E-state index contributed by atoms with van der Waals surface area (Å²) in [6.07, 6.45) is -5.65. The smallest absolute Gasteiger partial charge is 0.419 e. The van der Waals surface area contributed by atoms with Crippen LogP contribution < -0.4 is 10.1 Å². The van der Waals surface area contributed by atoms with E-state index in [1.54, 1.807) is 20.0 Å². The number of aromatic nitrogens is 2. The zero-order valence-corrected chi connectivity index (χ0v) is 12.8. The summed E-state index contributed by atoms with van der Waals surface area (Å²) in [5.74, 6) is -0.513. The van der Waals surface area contributed by atoms with Crippen molar-refractivity contribution in [2.24, 2.45) is 7.05 Å². The molecule has 1 amide bonds. The summed E-state index contributed by atoms with van der Waals surface area (Å²) in [6.45, 7) is 3.14. The molecule has 1 atom stereocenters. The third-order valence-corrected chi connectivity index (χ3v) is 3.12. The Kier molecular flexibility index (Phi) is 4.63. The van der Waals surface area contributed by atoms with E-state index in [4.69, 9.17) is 4.74 Å². The molecule has 0 unspecified atom stereocenters. The average molecular weight is 327 g/mol. The monoisotopic (exact) mass is 327 g/mol. The van der Waals surface area contributed by atoms with Crippen molar-refractivity contribution in [3.8, 4) is 5.75 Å². The summed E-state index contributed by atoms with van der Waals surface area (Å²) in [4.78, 5) is 12.1. The number of carbonyl (C=O) groups excluding carboxylic acids is 1. The van der Waals surface area contributed by atoms with Crippen LogP contribution in [0.1, 0.15) is 18.2 Å². The van der Waals surface area contributed by atoms with Crippen molar-refractivity contribution >= 4 is 11.7 Å². The van der Waals surface area contributed by atoms with Gasteiger partial charge in [0.1, 0.15) is 11.6 Å². The molecule has 0 saturated heterocycles. The first-order chi connectivity index (χ1) is 10.7. The second-order valence-corrected chi connectivity index (χ2v) is 5.04. The molecule has 0 aliphatic rings. The SMILES string of the molecule is Cc1cc(NC(=O)[C@H](C)Oc2ccccc2C(F)(F)F)n(C)n1. The van der Waals surface area contributed by atoms with Crippen LogP contribution in [0.3, 0.4) is 0 Å². The van der Waals surface area contributed by atoms with E-state index in [2.05, 4.69) is 10.4 Å². The maximum Gasteiger partial charge on any atom is 0.419 e. The molecule has 1 aromatic heterocycles. The van der Waals surface area contributed by atoms with E-state index >= 15 is 0 Å². The van der Waals surface area contributed by atoms with E-state index in [0.29, 0.717) is 11.5 Å². The lowest BCUT2D eigenvalue weighted by Gasteiger charge is -2.18. The van der Waals surface area contributed by atoms with Gasteiger partial charge in [0.25, 0.3) is 5.91 Å². The van der Waals surface area contributed by atoms with Crippen LogP contribution in [-0.4, -0.2) is 21.8 Å². The second kappa shape index (κ2) is 6.31. The van der Waals surface area contributed by atoms with E-state index in [-0.39, 0.29) is 5.75 Å². The summed E-state index contributed by atoms with van der Waals surface area (Å²) in [5.41, 5.74) is -0.213. The van der Waals surface area contributed by atoms with Gasteiger partial charge in [-0.3, -0.25) is 9.48 Å². The van der Waals surface area contributed by atoms with E-state index in [1.165, 1.54) is 29.8 Å². The molecule has 0 aliphatic heterocycles. The van der Waals surface area contributed by atoms with Gasteiger partial charge in [0.05, 0.1) is 11.3 Å². The summed E-state index contributed by atoms with van der Waals surface area (Å²) in [7, 11) is 1.65. The number of aryl methyl sites for hydroxylation is 2. The molecular formula is C15H16F3N3O2. The Labute approximate surface area is 131 Å². The zero-order chi connectivity index (χ0) is 17.2. The van der Waals surface area contributed by atoms with Gasteiger partial charge in [-0.15, -0.1) is 0 Å². The van der Waals surface area contributed by atoms with Gasteiger partial charge in [-0.25, -0.2) is 0 Å². The van der Waals surface area contributed by atoms with Crippen LogP contribution in [0.5, 0.6) is 5.75 Å². The van der Waals surface area contributed by atoms with Gasteiger partial charge >= 0.3 is 6.18 Å². The minimum absolute atomic E-state index is 0.385. The number of nitrogens with one attached hydrogen (secondary N) is 1. The highest BCUT2D eigenvalue weighted by Gasteiger charge is 2.34. The topological polar surface area (TPSA) is 56.1 Å². The lowest BCUT2D eigenvalue weighted by atomic mass is 10.2. The molecule has 1 N–H and O–H groups in total. The highest BCUT2D eigenvalue weighted by molar-refractivity contribution is 5.93. The first-order valence-electron chi connectivity index (χ1n) is 6.83. The highest BCUT2D eigenvalue weighted by atomic mass is 19.4. The molecule has 0 fully saturated rings. The predicted octanol–water partition coefficient (Wildman–Crippen LogP) is 3.15. The maximum atomic E-state index is 12.9. The number of para-hydroxylation sites is 1. The molecule has 124 valence electrons. The lowest BCUT2D eigenvalue weighted by molar-refractivity contribution is -0.140. The minimum atomic E-state index is -4.55. The van der Waals surface area contributed by atoms with Crippen molar-refractivity contribution in [1.82, 2.24) is 9.78 Å². The molecular weight excluding hydrogens is 311 g/mol. The van der Waals surface area contributed by atoms with Crippen LogP contribution in [-0.2, 0) is 18.0 Å². The van der Waals surface area contributed by atoms with Gasteiger partial charge < -0.3 is 10.1 Å². The number of amides is 1. The standard InChI is InChI=1S/C15H16F3N3O2/c1-9-8-13(21(3)20-9)19-14(22)10(2)23-12-7-5-4-6-11(12)15(16,17)18/h4-8,10H,1-3H3,(H,19,22)/t10-/m0/s1. The number of hydrogen-bond acceptors (Lipinski definition) is 3. The van der Waals surface area contributed by atoms with Crippen molar-refractivity contribution in [1.29, 1.82) is 0 Å². The Bertz CT molecular complexity index is 710. The van der Waals surface area contributed by atoms with Crippen LogP contribution in [0.2, 0.25) is 0 Å². The van der Waals surface area contributed by atoms with Crippen molar-refractivity contribution in [3.05, 3.63) is 41.6 Å². The van der Waals surface area contributed by atoms with Crippen LogP contribution in [0.15, 0.2) is 30.3 Å².